The molecule has 0 atom stereocenters. The fourth-order valence-corrected chi connectivity index (χ4v) is 4.79. The first-order chi connectivity index (χ1) is 15.6. The SMILES string of the molecule is C=CCn1c(-c2sc(NC(=O)CC(c3ccccc3)c3ccccc3)nc2C)n[nH]c1=S. The highest BCUT2D eigenvalue weighted by molar-refractivity contribution is 7.71. The van der Waals surface area contributed by atoms with Crippen molar-refractivity contribution in [2.75, 3.05) is 5.32 Å². The maximum absolute atomic E-state index is 13.0. The molecule has 32 heavy (non-hydrogen) atoms. The zero-order valence-electron chi connectivity index (χ0n) is 17.6. The van der Waals surface area contributed by atoms with Crippen molar-refractivity contribution in [3.63, 3.8) is 0 Å². The second-order valence-corrected chi connectivity index (χ2v) is 8.70. The lowest BCUT2D eigenvalue weighted by Crippen LogP contribution is -2.16. The van der Waals surface area contributed by atoms with Crippen molar-refractivity contribution in [2.45, 2.75) is 25.8 Å². The van der Waals surface area contributed by atoms with Gasteiger partial charge in [-0.05, 0) is 30.3 Å². The van der Waals surface area contributed by atoms with Crippen molar-refractivity contribution < 1.29 is 4.79 Å². The van der Waals surface area contributed by atoms with Crippen molar-refractivity contribution in [3.8, 4) is 10.7 Å². The molecule has 2 aromatic heterocycles. The number of thiazole rings is 1. The molecule has 0 saturated carbocycles. The molecule has 0 aliphatic carbocycles. The van der Waals surface area contributed by atoms with Gasteiger partial charge >= 0.3 is 0 Å². The minimum Gasteiger partial charge on any atom is -0.302 e. The molecular weight excluding hydrogens is 438 g/mol. The molecule has 2 heterocycles. The number of aryl methyl sites for hydroxylation is 1. The Kier molecular flexibility index (Phi) is 6.72. The summed E-state index contributed by atoms with van der Waals surface area (Å²) in [7, 11) is 0. The summed E-state index contributed by atoms with van der Waals surface area (Å²) in [5, 5.41) is 10.7. The van der Waals surface area contributed by atoms with E-state index in [2.05, 4.69) is 51.3 Å². The summed E-state index contributed by atoms with van der Waals surface area (Å²) in [6.45, 7) is 6.22. The number of H-pyrrole nitrogens is 1. The fraction of sp³-hybridized carbons (Fsp3) is 0.167. The zero-order valence-corrected chi connectivity index (χ0v) is 19.2. The van der Waals surface area contributed by atoms with E-state index in [1.165, 1.54) is 11.3 Å². The predicted octanol–water partition coefficient (Wildman–Crippen LogP) is 5.72. The number of nitrogens with zero attached hydrogens (tertiary/aromatic N) is 3. The lowest BCUT2D eigenvalue weighted by Gasteiger charge is -2.17. The number of carbonyl (C=O) groups excluding carboxylic acids is 1. The third-order valence-electron chi connectivity index (χ3n) is 5.11. The third kappa shape index (κ3) is 4.76. The van der Waals surface area contributed by atoms with Gasteiger partial charge in [-0.2, -0.15) is 5.10 Å². The minimum atomic E-state index is -0.0899. The number of aromatic amines is 1. The number of aromatic nitrogens is 4. The first-order valence-electron chi connectivity index (χ1n) is 10.2. The molecule has 0 aliphatic heterocycles. The average molecular weight is 462 g/mol. The summed E-state index contributed by atoms with van der Waals surface area (Å²) < 4.78 is 2.38. The van der Waals surface area contributed by atoms with E-state index in [1.54, 1.807) is 6.08 Å². The van der Waals surface area contributed by atoms with Crippen LogP contribution >= 0.6 is 23.6 Å². The van der Waals surface area contributed by atoms with Crippen molar-refractivity contribution >= 4 is 34.6 Å². The molecule has 4 rings (SSSR count). The minimum absolute atomic E-state index is 0.0400. The van der Waals surface area contributed by atoms with Gasteiger partial charge in [0.15, 0.2) is 15.7 Å². The van der Waals surface area contributed by atoms with Crippen molar-refractivity contribution in [1.82, 2.24) is 19.7 Å². The second kappa shape index (κ2) is 9.84. The number of hydrogen-bond donors (Lipinski definition) is 2. The number of amides is 1. The number of allylic oxidation sites excluding steroid dienone is 1. The highest BCUT2D eigenvalue weighted by Gasteiger charge is 2.21. The molecule has 2 N–H and O–H groups in total. The number of benzene rings is 2. The van der Waals surface area contributed by atoms with Crippen LogP contribution in [0.25, 0.3) is 10.7 Å². The van der Waals surface area contributed by atoms with Gasteiger partial charge in [-0.25, -0.2) is 4.98 Å². The summed E-state index contributed by atoms with van der Waals surface area (Å²) in [5.41, 5.74) is 2.99. The average Bonchev–Trinajstić information content (AvgIpc) is 3.35. The predicted molar refractivity (Wildman–Crippen MR) is 131 cm³/mol. The highest BCUT2D eigenvalue weighted by Crippen LogP contribution is 2.33. The van der Waals surface area contributed by atoms with Crippen LogP contribution in [-0.2, 0) is 11.3 Å². The molecular formula is C24H23N5OS2. The number of carbonyl (C=O) groups is 1. The maximum Gasteiger partial charge on any atom is 0.227 e. The van der Waals surface area contributed by atoms with Crippen LogP contribution in [0.4, 0.5) is 5.13 Å². The zero-order chi connectivity index (χ0) is 22.5. The molecule has 0 saturated heterocycles. The summed E-state index contributed by atoms with van der Waals surface area (Å²) in [5.74, 6) is 0.562. The van der Waals surface area contributed by atoms with E-state index in [1.807, 2.05) is 47.9 Å². The molecule has 162 valence electrons. The van der Waals surface area contributed by atoms with Gasteiger partial charge in [0.2, 0.25) is 5.91 Å². The van der Waals surface area contributed by atoms with E-state index in [0.29, 0.717) is 28.7 Å². The molecule has 0 fully saturated rings. The summed E-state index contributed by atoms with van der Waals surface area (Å²) in [4.78, 5) is 18.4. The van der Waals surface area contributed by atoms with Crippen LogP contribution < -0.4 is 5.32 Å². The lowest BCUT2D eigenvalue weighted by molar-refractivity contribution is -0.116. The van der Waals surface area contributed by atoms with Crippen LogP contribution in [0.2, 0.25) is 0 Å². The Morgan fingerprint density at radius 2 is 1.81 bits per heavy atom. The highest BCUT2D eigenvalue weighted by atomic mass is 32.1. The van der Waals surface area contributed by atoms with Gasteiger partial charge in [-0.3, -0.25) is 14.5 Å². The molecule has 4 aromatic rings. The Balaban J connectivity index is 1.56. The van der Waals surface area contributed by atoms with Gasteiger partial charge in [0.25, 0.3) is 0 Å². The Bertz CT molecular complexity index is 1240. The molecule has 2 aromatic carbocycles. The first kappa shape index (κ1) is 21.9. The van der Waals surface area contributed by atoms with Crippen LogP contribution in [0.3, 0.4) is 0 Å². The Morgan fingerprint density at radius 1 is 1.19 bits per heavy atom. The number of anilines is 1. The van der Waals surface area contributed by atoms with Gasteiger partial charge in [0, 0.05) is 18.9 Å². The van der Waals surface area contributed by atoms with Crippen LogP contribution in [0.15, 0.2) is 73.3 Å². The largest absolute Gasteiger partial charge is 0.302 e. The standard InChI is InChI=1S/C24H23N5OS2/c1-3-14-29-22(27-28-24(29)31)21-16(2)25-23(32-21)26-20(30)15-19(17-10-6-4-7-11-17)18-12-8-5-9-13-18/h3-13,19H,1,14-15H2,2H3,(H,28,31)(H,25,26,30). The van der Waals surface area contributed by atoms with Crippen molar-refractivity contribution in [1.29, 1.82) is 0 Å². The van der Waals surface area contributed by atoms with Gasteiger partial charge in [0.1, 0.15) is 0 Å². The summed E-state index contributed by atoms with van der Waals surface area (Å²) in [6.07, 6.45) is 2.08. The molecule has 0 bridgehead atoms. The monoisotopic (exact) mass is 461 g/mol. The smallest absolute Gasteiger partial charge is 0.227 e. The Labute approximate surface area is 195 Å². The van der Waals surface area contributed by atoms with Crippen molar-refractivity contribution in [2.24, 2.45) is 0 Å². The Hall–Kier alpha value is -3.36. The van der Waals surface area contributed by atoms with E-state index in [4.69, 9.17) is 12.2 Å². The van der Waals surface area contributed by atoms with Crippen LogP contribution in [0.1, 0.15) is 29.2 Å². The van der Waals surface area contributed by atoms with Crippen LogP contribution in [-0.4, -0.2) is 25.7 Å². The fourth-order valence-electron chi connectivity index (χ4n) is 3.60. The van der Waals surface area contributed by atoms with Crippen LogP contribution in [0.5, 0.6) is 0 Å². The summed E-state index contributed by atoms with van der Waals surface area (Å²) >= 11 is 6.70. The number of hydrogen-bond acceptors (Lipinski definition) is 5. The number of rotatable bonds is 8. The number of nitrogens with one attached hydrogen (secondary N) is 2. The quantitative estimate of drug-likeness (QED) is 0.260. The van der Waals surface area contributed by atoms with Gasteiger partial charge in [0.05, 0.1) is 10.6 Å². The van der Waals surface area contributed by atoms with Crippen LogP contribution in [0, 0.1) is 11.7 Å². The topological polar surface area (TPSA) is 75.6 Å². The van der Waals surface area contributed by atoms with Crippen molar-refractivity contribution in [3.05, 3.63) is 94.9 Å². The van der Waals surface area contributed by atoms with E-state index >= 15 is 0 Å². The van der Waals surface area contributed by atoms with Gasteiger partial charge in [-0.15, -0.1) is 6.58 Å². The van der Waals surface area contributed by atoms with E-state index < -0.39 is 0 Å². The lowest BCUT2D eigenvalue weighted by atomic mass is 9.88. The molecule has 0 radical (unpaired) electrons. The molecule has 0 unspecified atom stereocenters. The summed E-state index contributed by atoms with van der Waals surface area (Å²) in [6, 6.07) is 20.2. The molecule has 0 spiro atoms. The molecule has 8 heteroatoms. The van der Waals surface area contributed by atoms with Gasteiger partial charge < -0.3 is 5.32 Å². The van der Waals surface area contributed by atoms with E-state index in [-0.39, 0.29) is 11.8 Å². The third-order valence-corrected chi connectivity index (χ3v) is 6.49. The molecule has 6 nitrogen and oxygen atoms in total. The maximum atomic E-state index is 13.0. The Morgan fingerprint density at radius 3 is 2.41 bits per heavy atom. The van der Waals surface area contributed by atoms with Gasteiger partial charge in [-0.1, -0.05) is 78.1 Å². The van der Waals surface area contributed by atoms with E-state index in [0.717, 1.165) is 21.7 Å². The molecule has 0 aliphatic rings. The second-order valence-electron chi connectivity index (χ2n) is 7.31. The normalized spacial score (nSPS) is 10.9. The van der Waals surface area contributed by atoms with E-state index in [9.17, 15) is 4.79 Å². The molecule has 1 amide bonds. The first-order valence-corrected chi connectivity index (χ1v) is 11.4.